The Balaban J connectivity index is 2.56. The molecule has 27 heteroatoms. The number of hydrogen-bond acceptors (Lipinski definition) is 15. The second-order valence-electron chi connectivity index (χ2n) is 13.3. The number of hydrogen-bond donors (Lipinski definition) is 12. The quantitative estimate of drug-likeness (QED) is 0.0580. The summed E-state index contributed by atoms with van der Waals surface area (Å²) < 4.78 is 1.32. The van der Waals surface area contributed by atoms with Gasteiger partial charge in [0.2, 0.25) is 11.8 Å². The zero-order chi connectivity index (χ0) is 47.3. The molecule has 346 valence electrons. The van der Waals surface area contributed by atoms with Crippen molar-refractivity contribution in [1.82, 2.24) is 26.2 Å². The first kappa shape index (κ1) is 57.4. The number of anilines is 2. The number of nitrogens with zero attached hydrogens (tertiary/aromatic N) is 3. The third-order valence-electron chi connectivity index (χ3n) is 8.56. The number of carbonyl (C=O) groups is 6. The summed E-state index contributed by atoms with van der Waals surface area (Å²) in [5.41, 5.74) is 0.184. The van der Waals surface area contributed by atoms with Crippen LogP contribution in [0.3, 0.4) is 0 Å². The molecule has 0 aromatic heterocycles. The van der Waals surface area contributed by atoms with Crippen LogP contribution in [0.25, 0.3) is 0 Å². The van der Waals surface area contributed by atoms with Crippen LogP contribution in [0.2, 0.25) is 0 Å². The van der Waals surface area contributed by atoms with Gasteiger partial charge in [-0.3, -0.25) is 33.7 Å². The number of amides is 6. The smallest absolute Gasteiger partial charge is 0.253 e. The van der Waals surface area contributed by atoms with Crippen LogP contribution in [0.1, 0.15) is 41.4 Å². The Morgan fingerprint density at radius 2 is 0.645 bits per heavy atom. The maximum atomic E-state index is 14.0. The van der Waals surface area contributed by atoms with Crippen molar-refractivity contribution in [2.45, 2.75) is 24.4 Å². The Labute approximate surface area is 437 Å². The van der Waals surface area contributed by atoms with E-state index in [-0.39, 0.29) is 94.3 Å². The molecule has 0 aliphatic carbocycles. The number of halogens is 6. The van der Waals surface area contributed by atoms with E-state index >= 15 is 0 Å². The summed E-state index contributed by atoms with van der Waals surface area (Å²) in [4.78, 5) is 85.7. The molecule has 0 saturated carbocycles. The van der Waals surface area contributed by atoms with Crippen molar-refractivity contribution in [2.24, 2.45) is 0 Å². The SMILES string of the molecule is CN(CC(=O)N(C)c1c(I)c(C(=O)NCC(O)CO)c(I)c(C(=O)NCC(O)CO)c1I)CC(=O)N(C)c1c(I)c(C(=O)NCC(O)CO)c(I)c(C(=O)NCC(O)CO)c1I. The topological polar surface area (TPSA) is 322 Å². The van der Waals surface area contributed by atoms with Crippen molar-refractivity contribution in [1.29, 1.82) is 0 Å². The third-order valence-corrected chi connectivity index (χ3v) is 14.9. The largest absolute Gasteiger partial charge is 0.394 e. The molecule has 0 saturated heterocycles. The zero-order valence-corrected chi connectivity index (χ0v) is 46.0. The van der Waals surface area contributed by atoms with E-state index in [4.69, 9.17) is 0 Å². The number of nitrogens with one attached hydrogen (secondary N) is 4. The van der Waals surface area contributed by atoms with Crippen LogP contribution in [0.15, 0.2) is 0 Å². The molecule has 21 nitrogen and oxygen atoms in total. The highest BCUT2D eigenvalue weighted by Gasteiger charge is 2.34. The van der Waals surface area contributed by atoms with Crippen LogP contribution in [0.5, 0.6) is 0 Å². The van der Waals surface area contributed by atoms with Crippen LogP contribution in [-0.4, -0.2) is 192 Å². The molecule has 0 heterocycles. The predicted molar refractivity (Wildman–Crippen MR) is 275 cm³/mol. The number of aliphatic hydroxyl groups is 8. The molecule has 4 atom stereocenters. The van der Waals surface area contributed by atoms with Crippen molar-refractivity contribution in [3.05, 3.63) is 43.7 Å². The van der Waals surface area contributed by atoms with Crippen LogP contribution < -0.4 is 31.1 Å². The molecule has 0 fully saturated rings. The predicted octanol–water partition coefficient (Wildman–Crippen LogP) is -1.80. The van der Waals surface area contributed by atoms with E-state index in [1.54, 1.807) is 45.2 Å². The summed E-state index contributed by atoms with van der Waals surface area (Å²) in [7, 11) is 4.29. The first-order valence-corrected chi connectivity index (χ1v) is 24.4. The van der Waals surface area contributed by atoms with Crippen LogP contribution in [0, 0.1) is 21.4 Å². The average Bonchev–Trinajstić information content (AvgIpc) is 3.22. The first-order valence-electron chi connectivity index (χ1n) is 17.9. The van der Waals surface area contributed by atoms with Crippen LogP contribution >= 0.6 is 136 Å². The van der Waals surface area contributed by atoms with Gasteiger partial charge >= 0.3 is 0 Å². The molecule has 12 N–H and O–H groups in total. The Bertz CT molecular complexity index is 1760. The number of rotatable bonds is 22. The molecule has 2 aromatic rings. The van der Waals surface area contributed by atoms with E-state index < -0.39 is 86.3 Å². The fraction of sp³-hybridized carbons (Fsp3) is 0.486. The second-order valence-corrected chi connectivity index (χ2v) is 19.8. The van der Waals surface area contributed by atoms with Gasteiger partial charge in [-0.15, -0.1) is 0 Å². The molecule has 2 rings (SSSR count). The summed E-state index contributed by atoms with van der Waals surface area (Å²) in [5.74, 6) is -4.09. The summed E-state index contributed by atoms with van der Waals surface area (Å²) in [5, 5.41) is 86.4. The molecular formula is C35H45I6N7O14. The van der Waals surface area contributed by atoms with Gasteiger partial charge in [0.25, 0.3) is 23.6 Å². The van der Waals surface area contributed by atoms with Gasteiger partial charge in [0.05, 0.1) is 112 Å². The highest BCUT2D eigenvalue weighted by molar-refractivity contribution is 14.1. The number of benzene rings is 2. The standard InChI is InChI=1S/C35H45I6N7O14/c1-46(8-18(57)47(2)30-26(38)20(32(59)42-4-14(53)10-49)24(36)21(27(30)39)33(60)43-5-15(54)11-50)9-19(58)48(3)31-28(40)22(34(61)44-6-16(55)12-51)25(37)23(29(31)41)35(62)45-7-17(56)13-52/h14-17,49-56H,4-13H2,1-3H3,(H,42,59)(H,43,60)(H,44,61)(H,45,62). The molecule has 4 unspecified atom stereocenters. The number of carbonyl (C=O) groups excluding carboxylic acids is 6. The minimum Gasteiger partial charge on any atom is -0.394 e. The Kier molecular flexibility index (Phi) is 25.2. The van der Waals surface area contributed by atoms with Gasteiger partial charge in [-0.2, -0.15) is 0 Å². The summed E-state index contributed by atoms with van der Waals surface area (Å²) in [6, 6.07) is 0. The third kappa shape index (κ3) is 15.2. The molecule has 0 aliphatic rings. The van der Waals surface area contributed by atoms with Gasteiger partial charge in [-0.1, -0.05) is 0 Å². The lowest BCUT2D eigenvalue weighted by molar-refractivity contribution is -0.121. The van der Waals surface area contributed by atoms with Crippen molar-refractivity contribution in [3.8, 4) is 0 Å². The van der Waals surface area contributed by atoms with Crippen LogP contribution in [0.4, 0.5) is 11.4 Å². The van der Waals surface area contributed by atoms with Gasteiger partial charge in [-0.05, 0) is 143 Å². The monoisotopic (exact) mass is 1550 g/mol. The van der Waals surface area contributed by atoms with Gasteiger partial charge < -0.3 is 71.9 Å². The van der Waals surface area contributed by atoms with E-state index in [1.807, 2.05) is 90.4 Å². The first-order chi connectivity index (χ1) is 29.0. The zero-order valence-electron chi connectivity index (χ0n) is 33.0. The van der Waals surface area contributed by atoms with Crippen molar-refractivity contribution in [2.75, 3.05) is 96.6 Å². The molecule has 0 spiro atoms. The van der Waals surface area contributed by atoms with Gasteiger partial charge in [-0.25, -0.2) is 0 Å². The number of likely N-dealkylation sites (N-methyl/N-ethyl adjacent to an activating group) is 3. The van der Waals surface area contributed by atoms with Crippen molar-refractivity contribution < 1.29 is 69.6 Å². The maximum Gasteiger partial charge on any atom is 0.253 e. The summed E-state index contributed by atoms with van der Waals surface area (Å²) in [6.45, 7) is -4.63. The fourth-order valence-corrected chi connectivity index (χ4v) is 14.9. The lowest BCUT2D eigenvalue weighted by atomic mass is 10.1. The van der Waals surface area contributed by atoms with Gasteiger partial charge in [0, 0.05) is 47.4 Å². The minimum atomic E-state index is -1.28. The average molecular weight is 1550 g/mol. The van der Waals surface area contributed by atoms with Gasteiger partial charge in [0.15, 0.2) is 0 Å². The van der Waals surface area contributed by atoms with E-state index in [1.165, 1.54) is 35.8 Å². The van der Waals surface area contributed by atoms with E-state index in [2.05, 4.69) is 21.3 Å². The molecule has 0 aliphatic heterocycles. The summed E-state index contributed by atoms with van der Waals surface area (Å²) in [6.07, 6.45) is -5.12. The fourth-order valence-electron chi connectivity index (χ4n) is 5.12. The molecular weight excluding hydrogens is 1500 g/mol. The number of aliphatic hydroxyl groups excluding tert-OH is 8. The van der Waals surface area contributed by atoms with Crippen molar-refractivity contribution >= 4 is 182 Å². The van der Waals surface area contributed by atoms with Crippen molar-refractivity contribution in [3.63, 3.8) is 0 Å². The molecule has 0 bridgehead atoms. The lowest BCUT2D eigenvalue weighted by Crippen LogP contribution is -2.43. The highest BCUT2D eigenvalue weighted by atomic mass is 127. The van der Waals surface area contributed by atoms with Gasteiger partial charge in [0.1, 0.15) is 0 Å². The minimum absolute atomic E-state index is 0.0265. The molecule has 2 aromatic carbocycles. The normalized spacial score (nSPS) is 13.2. The Hall–Kier alpha value is -0.720. The summed E-state index contributed by atoms with van der Waals surface area (Å²) >= 11 is 11.0. The van der Waals surface area contributed by atoms with E-state index in [9.17, 15) is 69.6 Å². The Morgan fingerprint density at radius 1 is 0.435 bits per heavy atom. The van der Waals surface area contributed by atoms with E-state index in [0.29, 0.717) is 0 Å². The van der Waals surface area contributed by atoms with E-state index in [0.717, 1.165) is 0 Å². The Morgan fingerprint density at radius 3 is 0.839 bits per heavy atom. The molecule has 62 heavy (non-hydrogen) atoms. The maximum absolute atomic E-state index is 14.0. The molecule has 6 amide bonds. The molecule has 0 radical (unpaired) electrons. The van der Waals surface area contributed by atoms with Crippen LogP contribution in [-0.2, 0) is 9.59 Å². The lowest BCUT2D eigenvalue weighted by Gasteiger charge is -2.28. The second kappa shape index (κ2) is 27.2. The highest BCUT2D eigenvalue weighted by Crippen LogP contribution is 2.39.